The molecule has 0 saturated carbocycles. The quantitative estimate of drug-likeness (QED) is 0.801. The average molecular weight is 255 g/mol. The van der Waals surface area contributed by atoms with Crippen molar-refractivity contribution in [3.05, 3.63) is 35.1 Å². The summed E-state index contributed by atoms with van der Waals surface area (Å²) in [6, 6.07) is 5.56. The predicted molar refractivity (Wildman–Crippen MR) is 75.3 cm³/mol. The largest absolute Gasteiger partial charge is 0.313 e. The second-order valence-corrected chi connectivity index (χ2v) is 5.51. The maximum Gasteiger partial charge on any atom is 0.123 e. The molecule has 1 aromatic rings. The van der Waals surface area contributed by atoms with Gasteiger partial charge in [-0.25, -0.2) is 4.39 Å². The fraction of sp³-hybridized carbons (Fsp3) is 0.571. The van der Waals surface area contributed by atoms with Gasteiger partial charge >= 0.3 is 0 Å². The maximum atomic E-state index is 13.0. The van der Waals surface area contributed by atoms with E-state index in [0.717, 1.165) is 30.0 Å². The van der Waals surface area contributed by atoms with Gasteiger partial charge in [0.15, 0.2) is 0 Å². The lowest BCUT2D eigenvalue weighted by Gasteiger charge is -2.18. The topological polar surface area (TPSA) is 12.0 Å². The number of halogens is 1. The van der Waals surface area contributed by atoms with Crippen molar-refractivity contribution in [2.75, 3.05) is 18.1 Å². The van der Waals surface area contributed by atoms with E-state index < -0.39 is 0 Å². The molecule has 1 nitrogen and oxygen atoms in total. The molecule has 0 spiro atoms. The van der Waals surface area contributed by atoms with Crippen molar-refractivity contribution in [2.45, 2.75) is 33.2 Å². The van der Waals surface area contributed by atoms with Gasteiger partial charge < -0.3 is 5.32 Å². The van der Waals surface area contributed by atoms with Gasteiger partial charge in [-0.2, -0.15) is 11.8 Å². The summed E-state index contributed by atoms with van der Waals surface area (Å²) in [6.07, 6.45) is 0.979. The summed E-state index contributed by atoms with van der Waals surface area (Å²) in [6.45, 7) is 7.27. The van der Waals surface area contributed by atoms with Crippen LogP contribution in [0.3, 0.4) is 0 Å². The standard InChI is InChI=1S/C14H22FNS/c1-4-16-14(10-17-5-2)9-12-6-7-13(15)8-11(12)3/h6-8,14,16H,4-5,9-10H2,1-3H3. The number of aryl methyl sites for hydroxylation is 1. The van der Waals surface area contributed by atoms with Crippen molar-refractivity contribution in [3.8, 4) is 0 Å². The van der Waals surface area contributed by atoms with Gasteiger partial charge in [0.1, 0.15) is 5.82 Å². The van der Waals surface area contributed by atoms with Crippen LogP contribution < -0.4 is 5.32 Å². The van der Waals surface area contributed by atoms with E-state index in [4.69, 9.17) is 0 Å². The van der Waals surface area contributed by atoms with E-state index >= 15 is 0 Å². The molecule has 3 heteroatoms. The summed E-state index contributed by atoms with van der Waals surface area (Å²) in [4.78, 5) is 0. The van der Waals surface area contributed by atoms with Crippen LogP contribution in [-0.2, 0) is 6.42 Å². The van der Waals surface area contributed by atoms with Gasteiger partial charge in [-0.3, -0.25) is 0 Å². The van der Waals surface area contributed by atoms with Crippen LogP contribution in [0.4, 0.5) is 4.39 Å². The lowest BCUT2D eigenvalue weighted by Crippen LogP contribution is -2.33. The molecule has 1 rings (SSSR count). The van der Waals surface area contributed by atoms with E-state index in [9.17, 15) is 4.39 Å². The summed E-state index contributed by atoms with van der Waals surface area (Å²) in [5, 5.41) is 3.49. The molecule has 0 fully saturated rings. The molecule has 0 bridgehead atoms. The minimum atomic E-state index is -0.144. The normalized spacial score (nSPS) is 12.7. The second-order valence-electron chi connectivity index (χ2n) is 4.19. The van der Waals surface area contributed by atoms with Crippen molar-refractivity contribution in [3.63, 3.8) is 0 Å². The fourth-order valence-electron chi connectivity index (χ4n) is 1.89. The van der Waals surface area contributed by atoms with Gasteiger partial charge in [0.05, 0.1) is 0 Å². The molecule has 0 aliphatic rings. The van der Waals surface area contributed by atoms with Crippen LogP contribution in [0.1, 0.15) is 25.0 Å². The van der Waals surface area contributed by atoms with Crippen molar-refractivity contribution in [1.82, 2.24) is 5.32 Å². The third-order valence-electron chi connectivity index (χ3n) is 2.79. The van der Waals surface area contributed by atoms with E-state index in [1.807, 2.05) is 24.8 Å². The Morgan fingerprint density at radius 1 is 1.35 bits per heavy atom. The van der Waals surface area contributed by atoms with Crippen LogP contribution in [0.5, 0.6) is 0 Å². The zero-order chi connectivity index (χ0) is 12.7. The minimum absolute atomic E-state index is 0.144. The highest BCUT2D eigenvalue weighted by Crippen LogP contribution is 2.14. The van der Waals surface area contributed by atoms with Crippen LogP contribution in [0.15, 0.2) is 18.2 Å². The fourth-order valence-corrected chi connectivity index (χ4v) is 2.65. The molecule has 1 aromatic carbocycles. The minimum Gasteiger partial charge on any atom is -0.313 e. The van der Waals surface area contributed by atoms with Crippen molar-refractivity contribution in [2.24, 2.45) is 0 Å². The Morgan fingerprint density at radius 3 is 2.71 bits per heavy atom. The first kappa shape index (κ1) is 14.5. The highest BCUT2D eigenvalue weighted by Gasteiger charge is 2.10. The molecule has 1 unspecified atom stereocenters. The van der Waals surface area contributed by atoms with Gasteiger partial charge in [0.2, 0.25) is 0 Å². The predicted octanol–water partition coefficient (Wildman–Crippen LogP) is 3.41. The molecule has 0 aliphatic heterocycles. The van der Waals surface area contributed by atoms with E-state index in [-0.39, 0.29) is 5.82 Å². The second kappa shape index (κ2) is 7.72. The van der Waals surface area contributed by atoms with Crippen LogP contribution in [0, 0.1) is 12.7 Å². The number of thioether (sulfide) groups is 1. The Bertz CT molecular complexity index is 341. The summed E-state index contributed by atoms with van der Waals surface area (Å²) in [5.41, 5.74) is 2.29. The van der Waals surface area contributed by atoms with Gasteiger partial charge in [0.25, 0.3) is 0 Å². The highest BCUT2D eigenvalue weighted by atomic mass is 32.2. The van der Waals surface area contributed by atoms with Crippen LogP contribution in [0.25, 0.3) is 0 Å². The molecule has 0 aromatic heterocycles. The Hall–Kier alpha value is -0.540. The number of benzene rings is 1. The van der Waals surface area contributed by atoms with Crippen molar-refractivity contribution < 1.29 is 4.39 Å². The molecule has 1 N–H and O–H groups in total. The first-order valence-electron chi connectivity index (χ1n) is 6.23. The first-order valence-corrected chi connectivity index (χ1v) is 7.39. The zero-order valence-electron chi connectivity index (χ0n) is 10.9. The highest BCUT2D eigenvalue weighted by molar-refractivity contribution is 7.99. The molecular formula is C14H22FNS. The summed E-state index contributed by atoms with van der Waals surface area (Å²) < 4.78 is 13.0. The monoisotopic (exact) mass is 255 g/mol. The molecule has 17 heavy (non-hydrogen) atoms. The summed E-state index contributed by atoms with van der Waals surface area (Å²) in [7, 11) is 0. The zero-order valence-corrected chi connectivity index (χ0v) is 11.7. The lowest BCUT2D eigenvalue weighted by atomic mass is 10.0. The van der Waals surface area contributed by atoms with Gasteiger partial charge in [0, 0.05) is 11.8 Å². The van der Waals surface area contributed by atoms with Crippen LogP contribution >= 0.6 is 11.8 Å². The SMILES string of the molecule is CCNC(CSCC)Cc1ccc(F)cc1C. The van der Waals surface area contributed by atoms with Crippen molar-refractivity contribution in [1.29, 1.82) is 0 Å². The average Bonchev–Trinajstić information content (AvgIpc) is 2.29. The molecule has 1 atom stereocenters. The summed E-state index contributed by atoms with van der Waals surface area (Å²) in [5.74, 6) is 2.11. The van der Waals surface area contributed by atoms with E-state index in [2.05, 4.69) is 19.2 Å². The number of likely N-dealkylation sites (N-methyl/N-ethyl adjacent to an activating group) is 1. The number of hydrogen-bond acceptors (Lipinski definition) is 2. The third-order valence-corrected chi connectivity index (χ3v) is 3.83. The summed E-state index contributed by atoms with van der Waals surface area (Å²) >= 11 is 1.95. The molecular weight excluding hydrogens is 233 g/mol. The molecule has 0 aliphatic carbocycles. The van der Waals surface area contributed by atoms with Gasteiger partial charge in [-0.05, 0) is 48.9 Å². The van der Waals surface area contributed by atoms with Crippen LogP contribution in [0.2, 0.25) is 0 Å². The Balaban J connectivity index is 2.64. The van der Waals surface area contributed by atoms with Crippen LogP contribution in [-0.4, -0.2) is 24.1 Å². The van der Waals surface area contributed by atoms with Gasteiger partial charge in [-0.1, -0.05) is 19.9 Å². The maximum absolute atomic E-state index is 13.0. The third kappa shape index (κ3) is 5.09. The van der Waals surface area contributed by atoms with Gasteiger partial charge in [-0.15, -0.1) is 0 Å². The van der Waals surface area contributed by atoms with E-state index in [1.165, 1.54) is 5.56 Å². The molecule has 96 valence electrons. The molecule has 0 heterocycles. The molecule has 0 amide bonds. The lowest BCUT2D eigenvalue weighted by molar-refractivity contribution is 0.569. The van der Waals surface area contributed by atoms with E-state index in [0.29, 0.717) is 6.04 Å². The Kier molecular flexibility index (Phi) is 6.60. The van der Waals surface area contributed by atoms with Crippen molar-refractivity contribution >= 4 is 11.8 Å². The number of hydrogen-bond donors (Lipinski definition) is 1. The van der Waals surface area contributed by atoms with E-state index in [1.54, 1.807) is 12.1 Å². The Labute approximate surface area is 108 Å². The number of nitrogens with one attached hydrogen (secondary N) is 1. The molecule has 0 radical (unpaired) electrons. The number of rotatable bonds is 7. The first-order chi connectivity index (χ1) is 8.17. The Morgan fingerprint density at radius 2 is 2.12 bits per heavy atom. The smallest absolute Gasteiger partial charge is 0.123 e. The molecule has 0 saturated heterocycles.